The number of aliphatic hydroxyl groups excluding tert-OH is 2. The molecule has 0 aliphatic heterocycles. The second-order valence-electron chi connectivity index (χ2n) is 6.54. The van der Waals surface area contributed by atoms with Crippen LogP contribution >= 0.6 is 27.5 Å². The van der Waals surface area contributed by atoms with Crippen LogP contribution < -0.4 is 4.74 Å². The van der Waals surface area contributed by atoms with E-state index >= 15 is 0 Å². The Morgan fingerprint density at radius 1 is 0.964 bits per heavy atom. The Morgan fingerprint density at radius 2 is 1.71 bits per heavy atom. The summed E-state index contributed by atoms with van der Waals surface area (Å²) < 4.78 is 12.7. The number of hydrogen-bond donors (Lipinski definition) is 2. The van der Waals surface area contributed by atoms with Crippen molar-refractivity contribution in [2.24, 2.45) is 0 Å². The van der Waals surface area contributed by atoms with Crippen LogP contribution in [0.4, 0.5) is 0 Å². The summed E-state index contributed by atoms with van der Waals surface area (Å²) in [5, 5.41) is 19.2. The van der Waals surface area contributed by atoms with Crippen LogP contribution in [0.5, 0.6) is 5.75 Å². The van der Waals surface area contributed by atoms with E-state index in [4.69, 9.17) is 14.9 Å². The van der Waals surface area contributed by atoms with Gasteiger partial charge in [-0.3, -0.25) is 4.90 Å². The maximum Gasteiger partial charge on any atom is 0.120 e. The summed E-state index contributed by atoms with van der Waals surface area (Å²) in [5.74, 6) is 0.862. The monoisotopic (exact) mass is 464 g/mol. The molecule has 0 saturated heterocycles. The summed E-state index contributed by atoms with van der Waals surface area (Å²) in [5.41, 5.74) is 2.12. The standard InChI is InChI=1S/C21H25BrN2O3S/c22-17-5-3-16(4-6-17)21-19-8-7-18(15-20(19)28-23-21)27-14-2-1-9-24(10-12-25)11-13-26/h3-8,15,25-26H,1-2,9-14H2. The highest BCUT2D eigenvalue weighted by Crippen LogP contribution is 2.33. The third-order valence-corrected chi connectivity index (χ3v) is 5.87. The van der Waals surface area contributed by atoms with Gasteiger partial charge in [0.15, 0.2) is 0 Å². The van der Waals surface area contributed by atoms with Crippen molar-refractivity contribution in [1.29, 1.82) is 0 Å². The van der Waals surface area contributed by atoms with Gasteiger partial charge < -0.3 is 14.9 Å². The van der Waals surface area contributed by atoms with Crippen LogP contribution in [0.25, 0.3) is 21.3 Å². The summed E-state index contributed by atoms with van der Waals surface area (Å²) in [6.07, 6.45) is 1.90. The number of aromatic nitrogens is 1. The van der Waals surface area contributed by atoms with Crippen molar-refractivity contribution in [3.05, 3.63) is 46.9 Å². The quantitative estimate of drug-likeness (QED) is 0.416. The van der Waals surface area contributed by atoms with Crippen molar-refractivity contribution in [2.45, 2.75) is 12.8 Å². The van der Waals surface area contributed by atoms with Crippen LogP contribution in [0.1, 0.15) is 12.8 Å². The number of hydrogen-bond acceptors (Lipinski definition) is 6. The minimum absolute atomic E-state index is 0.119. The van der Waals surface area contributed by atoms with Gasteiger partial charge in [-0.2, -0.15) is 4.37 Å². The number of benzene rings is 2. The van der Waals surface area contributed by atoms with E-state index in [2.05, 4.69) is 49.5 Å². The molecular weight excluding hydrogens is 440 g/mol. The fraction of sp³-hybridized carbons (Fsp3) is 0.381. The summed E-state index contributed by atoms with van der Waals surface area (Å²) in [6, 6.07) is 14.3. The van der Waals surface area contributed by atoms with Crippen LogP contribution in [-0.2, 0) is 0 Å². The van der Waals surface area contributed by atoms with E-state index in [0.717, 1.165) is 51.0 Å². The molecule has 0 amide bonds. The average molecular weight is 465 g/mol. The minimum atomic E-state index is 0.119. The Bertz CT molecular complexity index is 864. The van der Waals surface area contributed by atoms with Crippen molar-refractivity contribution in [3.63, 3.8) is 0 Å². The molecule has 0 radical (unpaired) electrons. The lowest BCUT2D eigenvalue weighted by molar-refractivity contribution is 0.157. The zero-order valence-corrected chi connectivity index (χ0v) is 18.1. The Morgan fingerprint density at radius 3 is 2.43 bits per heavy atom. The van der Waals surface area contributed by atoms with E-state index in [1.807, 2.05) is 18.2 Å². The number of rotatable bonds is 11. The first kappa shape index (κ1) is 21.2. The van der Waals surface area contributed by atoms with Crippen molar-refractivity contribution in [1.82, 2.24) is 9.27 Å². The van der Waals surface area contributed by atoms with Crippen LogP contribution in [0.15, 0.2) is 46.9 Å². The lowest BCUT2D eigenvalue weighted by Gasteiger charge is -2.19. The number of fused-ring (bicyclic) bond motifs is 1. The number of aliphatic hydroxyl groups is 2. The first-order valence-corrected chi connectivity index (χ1v) is 11.0. The largest absolute Gasteiger partial charge is 0.494 e. The predicted molar refractivity (Wildman–Crippen MR) is 118 cm³/mol. The summed E-state index contributed by atoms with van der Waals surface area (Å²) >= 11 is 4.96. The van der Waals surface area contributed by atoms with Gasteiger partial charge >= 0.3 is 0 Å². The van der Waals surface area contributed by atoms with E-state index in [-0.39, 0.29) is 13.2 Å². The van der Waals surface area contributed by atoms with Crippen LogP contribution in [-0.4, -0.2) is 58.9 Å². The molecule has 5 nitrogen and oxygen atoms in total. The summed E-state index contributed by atoms with van der Waals surface area (Å²) in [6.45, 7) is 2.94. The molecule has 3 aromatic rings. The van der Waals surface area contributed by atoms with Gasteiger partial charge in [0, 0.05) is 28.5 Å². The van der Waals surface area contributed by atoms with E-state index in [9.17, 15) is 0 Å². The van der Waals surface area contributed by atoms with Crippen LogP contribution in [0.3, 0.4) is 0 Å². The normalized spacial score (nSPS) is 11.4. The van der Waals surface area contributed by atoms with E-state index in [0.29, 0.717) is 19.7 Å². The van der Waals surface area contributed by atoms with E-state index in [1.54, 1.807) is 0 Å². The maximum absolute atomic E-state index is 9.03. The summed E-state index contributed by atoms with van der Waals surface area (Å²) in [7, 11) is 0. The fourth-order valence-corrected chi connectivity index (χ4v) is 4.16. The van der Waals surface area contributed by atoms with Crippen LogP contribution in [0, 0.1) is 0 Å². The van der Waals surface area contributed by atoms with Gasteiger partial charge in [-0.1, -0.05) is 28.1 Å². The molecule has 28 heavy (non-hydrogen) atoms. The molecule has 0 atom stereocenters. The number of ether oxygens (including phenoxy) is 1. The molecule has 3 rings (SSSR count). The Kier molecular flexibility index (Phi) is 8.24. The SMILES string of the molecule is OCCN(CCO)CCCCOc1ccc2c(-c3ccc(Br)cc3)nsc2c1. The predicted octanol–water partition coefficient (Wildman–Crippen LogP) is 4.17. The van der Waals surface area contributed by atoms with Gasteiger partial charge in [-0.25, -0.2) is 0 Å². The van der Waals surface area contributed by atoms with Gasteiger partial charge in [-0.05, 0) is 61.3 Å². The van der Waals surface area contributed by atoms with Gasteiger partial charge in [0.05, 0.1) is 30.2 Å². The molecule has 0 aliphatic rings. The highest BCUT2D eigenvalue weighted by Gasteiger charge is 2.10. The van der Waals surface area contributed by atoms with Gasteiger partial charge in [0.2, 0.25) is 0 Å². The minimum Gasteiger partial charge on any atom is -0.494 e. The molecule has 0 spiro atoms. The zero-order valence-electron chi connectivity index (χ0n) is 15.7. The average Bonchev–Trinajstić information content (AvgIpc) is 3.12. The smallest absolute Gasteiger partial charge is 0.120 e. The second-order valence-corrected chi connectivity index (χ2v) is 8.26. The third kappa shape index (κ3) is 5.75. The zero-order chi connectivity index (χ0) is 19.8. The van der Waals surface area contributed by atoms with E-state index < -0.39 is 0 Å². The molecule has 2 aromatic carbocycles. The van der Waals surface area contributed by atoms with Crippen molar-refractivity contribution in [3.8, 4) is 17.0 Å². The second kappa shape index (κ2) is 10.9. The molecule has 0 saturated carbocycles. The Balaban J connectivity index is 1.53. The molecule has 0 bridgehead atoms. The fourth-order valence-electron chi connectivity index (χ4n) is 3.07. The van der Waals surface area contributed by atoms with Gasteiger partial charge in [-0.15, -0.1) is 0 Å². The van der Waals surface area contributed by atoms with Crippen LogP contribution in [0.2, 0.25) is 0 Å². The number of halogens is 1. The molecule has 2 N–H and O–H groups in total. The van der Waals surface area contributed by atoms with E-state index in [1.165, 1.54) is 11.5 Å². The topological polar surface area (TPSA) is 65.8 Å². The maximum atomic E-state index is 9.03. The third-order valence-electron chi connectivity index (χ3n) is 4.53. The van der Waals surface area contributed by atoms with Gasteiger partial charge in [0.25, 0.3) is 0 Å². The lowest BCUT2D eigenvalue weighted by Crippen LogP contribution is -2.31. The Hall–Kier alpha value is -1.51. The summed E-state index contributed by atoms with van der Waals surface area (Å²) in [4.78, 5) is 2.06. The van der Waals surface area contributed by atoms with Gasteiger partial charge in [0.1, 0.15) is 5.75 Å². The van der Waals surface area contributed by atoms with Crippen molar-refractivity contribution >= 4 is 37.5 Å². The number of nitrogens with zero attached hydrogens (tertiary/aromatic N) is 2. The molecule has 1 heterocycles. The number of unbranched alkanes of at least 4 members (excludes halogenated alkanes) is 1. The Labute approximate surface area is 177 Å². The van der Waals surface area contributed by atoms with Crippen molar-refractivity contribution < 1.29 is 14.9 Å². The molecule has 0 unspecified atom stereocenters. The first-order chi connectivity index (χ1) is 13.7. The highest BCUT2D eigenvalue weighted by molar-refractivity contribution is 9.10. The molecule has 150 valence electrons. The highest BCUT2D eigenvalue weighted by atomic mass is 79.9. The lowest BCUT2D eigenvalue weighted by atomic mass is 10.1. The first-order valence-electron chi connectivity index (χ1n) is 9.43. The molecular formula is C21H25BrN2O3S. The molecule has 7 heteroatoms. The molecule has 0 aliphatic carbocycles. The molecule has 0 fully saturated rings. The molecule has 1 aromatic heterocycles. The van der Waals surface area contributed by atoms with Crippen molar-refractivity contribution in [2.75, 3.05) is 39.5 Å².